The summed E-state index contributed by atoms with van der Waals surface area (Å²) < 4.78 is 29.0. The molecule has 0 saturated carbocycles. The van der Waals surface area contributed by atoms with Gasteiger partial charge in [0.1, 0.15) is 17.1 Å². The minimum Gasteiger partial charge on any atom is -0.490 e. The summed E-state index contributed by atoms with van der Waals surface area (Å²) in [5, 5.41) is 19.7. The van der Waals surface area contributed by atoms with Gasteiger partial charge >= 0.3 is 6.03 Å². The van der Waals surface area contributed by atoms with E-state index in [2.05, 4.69) is 34.7 Å². The predicted molar refractivity (Wildman–Crippen MR) is 184 cm³/mol. The molecule has 3 N–H and O–H groups in total. The van der Waals surface area contributed by atoms with E-state index in [9.17, 15) is 14.7 Å². The lowest BCUT2D eigenvalue weighted by atomic mass is 10.0. The van der Waals surface area contributed by atoms with Gasteiger partial charge in [-0.15, -0.1) is 0 Å². The van der Waals surface area contributed by atoms with E-state index in [0.717, 1.165) is 36.3 Å². The zero-order valence-corrected chi connectivity index (χ0v) is 29.3. The monoisotopic (exact) mass is 679 g/mol. The minimum absolute atomic E-state index is 0.0782. The summed E-state index contributed by atoms with van der Waals surface area (Å²) in [7, 11) is 2.05. The highest BCUT2D eigenvalue weighted by molar-refractivity contribution is 6.03. The summed E-state index contributed by atoms with van der Waals surface area (Å²) in [4.78, 5) is 31.2. The van der Waals surface area contributed by atoms with Gasteiger partial charge in [-0.1, -0.05) is 18.1 Å². The van der Waals surface area contributed by atoms with Crippen LogP contribution in [0.25, 0.3) is 0 Å². The van der Waals surface area contributed by atoms with Gasteiger partial charge in [-0.05, 0) is 89.9 Å². The SMILES string of the molecule is Cc1noc(C)c1NC(=O)Nc1ccc2c(c1)C(=O)N([C@H](C)CO)C[C@@H](C)[C@@H](CN(C)Cc1ccc3c(c1)OCO3)OCCCC[C@H](C)O2. The van der Waals surface area contributed by atoms with Gasteiger partial charge in [0.2, 0.25) is 6.79 Å². The van der Waals surface area contributed by atoms with Gasteiger partial charge in [0.05, 0.1) is 30.4 Å². The lowest BCUT2D eigenvalue weighted by molar-refractivity contribution is -0.0177. The van der Waals surface area contributed by atoms with Crippen LogP contribution in [0.15, 0.2) is 40.9 Å². The molecule has 49 heavy (non-hydrogen) atoms. The standard InChI is InChI=1S/C36H49N5O8/c1-22-17-41(23(2)20-42)35(43)29-16-28(37-36(44)38-34-25(4)39-49-26(34)5)11-13-30(29)48-24(3)9-7-8-14-45-33(22)19-40(6)18-27-10-12-31-32(15-27)47-21-46-31/h10-13,15-16,22-24,33,42H,7-9,14,17-21H2,1-6H3,(H2,37,38,44)/t22-,23-,24+,33-/m1/s1. The van der Waals surface area contributed by atoms with Crippen LogP contribution >= 0.6 is 0 Å². The Kier molecular flexibility index (Phi) is 12.0. The molecule has 0 bridgehead atoms. The summed E-state index contributed by atoms with van der Waals surface area (Å²) >= 11 is 0. The van der Waals surface area contributed by atoms with E-state index in [-0.39, 0.29) is 37.4 Å². The van der Waals surface area contributed by atoms with Crippen molar-refractivity contribution in [2.75, 3.05) is 50.8 Å². The van der Waals surface area contributed by atoms with Crippen LogP contribution in [0, 0.1) is 19.8 Å². The molecule has 3 amide bonds. The largest absolute Gasteiger partial charge is 0.490 e. The molecule has 0 fully saturated rings. The van der Waals surface area contributed by atoms with E-state index in [4.69, 9.17) is 23.5 Å². The number of aromatic nitrogens is 1. The van der Waals surface area contributed by atoms with Crippen LogP contribution in [0.1, 0.15) is 67.4 Å². The number of aryl methyl sites for hydroxylation is 2. The molecular formula is C36H49N5O8. The highest BCUT2D eigenvalue weighted by Gasteiger charge is 2.30. The first-order valence-corrected chi connectivity index (χ1v) is 16.9. The molecule has 0 unspecified atom stereocenters. The molecule has 266 valence electrons. The molecule has 5 rings (SSSR count). The fourth-order valence-corrected chi connectivity index (χ4v) is 6.12. The molecule has 0 aliphatic carbocycles. The second-order valence-corrected chi connectivity index (χ2v) is 13.2. The van der Waals surface area contributed by atoms with Crippen molar-refractivity contribution in [3.05, 3.63) is 59.0 Å². The molecule has 13 heteroatoms. The molecule has 13 nitrogen and oxygen atoms in total. The van der Waals surface area contributed by atoms with Crippen LogP contribution in [-0.2, 0) is 11.3 Å². The Morgan fingerprint density at radius 3 is 2.61 bits per heavy atom. The Hall–Kier alpha value is -4.33. The second-order valence-electron chi connectivity index (χ2n) is 13.2. The van der Waals surface area contributed by atoms with Crippen LogP contribution in [0.5, 0.6) is 17.2 Å². The molecule has 2 aromatic carbocycles. The lowest BCUT2D eigenvalue weighted by Crippen LogP contribution is -2.47. The molecule has 3 heterocycles. The van der Waals surface area contributed by atoms with Gasteiger partial charge in [-0.2, -0.15) is 0 Å². The molecule has 2 aliphatic heterocycles. The Morgan fingerprint density at radius 1 is 1.08 bits per heavy atom. The first-order chi connectivity index (χ1) is 23.5. The van der Waals surface area contributed by atoms with Crippen molar-refractivity contribution in [2.24, 2.45) is 5.92 Å². The fourth-order valence-electron chi connectivity index (χ4n) is 6.12. The molecule has 1 aromatic heterocycles. The number of nitrogens with zero attached hydrogens (tertiary/aromatic N) is 3. The number of hydrogen-bond acceptors (Lipinski definition) is 10. The lowest BCUT2D eigenvalue weighted by Gasteiger charge is -2.36. The van der Waals surface area contributed by atoms with Crippen LogP contribution in [0.2, 0.25) is 0 Å². The highest BCUT2D eigenvalue weighted by atomic mass is 16.7. The van der Waals surface area contributed by atoms with Crippen molar-refractivity contribution in [1.82, 2.24) is 15.0 Å². The van der Waals surface area contributed by atoms with E-state index in [1.165, 1.54) is 0 Å². The number of hydrogen-bond donors (Lipinski definition) is 3. The number of likely N-dealkylation sites (N-methyl/N-ethyl adjacent to an activating group) is 1. The van der Waals surface area contributed by atoms with Gasteiger partial charge in [0, 0.05) is 37.8 Å². The smallest absolute Gasteiger partial charge is 0.323 e. The summed E-state index contributed by atoms with van der Waals surface area (Å²) in [5.41, 5.74) is 2.84. The van der Waals surface area contributed by atoms with Crippen LogP contribution in [0.3, 0.4) is 0 Å². The number of aliphatic hydroxyl groups excluding tert-OH is 1. The van der Waals surface area contributed by atoms with Crippen molar-refractivity contribution in [1.29, 1.82) is 0 Å². The Bertz CT molecular complexity index is 1580. The molecule has 0 saturated heterocycles. The van der Waals surface area contributed by atoms with Gasteiger partial charge in [-0.25, -0.2) is 4.79 Å². The number of anilines is 2. The summed E-state index contributed by atoms with van der Waals surface area (Å²) in [6.07, 6.45) is 2.19. The number of benzene rings is 2. The topological polar surface area (TPSA) is 148 Å². The van der Waals surface area contributed by atoms with Crippen LogP contribution in [-0.4, -0.2) is 90.4 Å². The third-order valence-corrected chi connectivity index (χ3v) is 8.96. The van der Waals surface area contributed by atoms with Crippen molar-refractivity contribution >= 4 is 23.3 Å². The number of carbonyl (C=O) groups excluding carboxylic acids is 2. The molecular weight excluding hydrogens is 630 g/mol. The molecule has 4 atom stereocenters. The summed E-state index contributed by atoms with van der Waals surface area (Å²) in [6.45, 7) is 11.6. The molecule has 0 radical (unpaired) electrons. The van der Waals surface area contributed by atoms with Crippen LogP contribution < -0.4 is 24.8 Å². The van der Waals surface area contributed by atoms with Gasteiger partial charge in [0.25, 0.3) is 5.91 Å². The van der Waals surface area contributed by atoms with Gasteiger partial charge in [-0.3, -0.25) is 9.69 Å². The quantitative estimate of drug-likeness (QED) is 0.275. The van der Waals surface area contributed by atoms with E-state index in [1.54, 1.807) is 36.9 Å². The highest BCUT2D eigenvalue weighted by Crippen LogP contribution is 2.33. The zero-order chi connectivity index (χ0) is 35.1. The number of carbonyl (C=O) groups is 2. The summed E-state index contributed by atoms with van der Waals surface area (Å²) in [5.74, 6) is 2.02. The Balaban J connectivity index is 1.37. The predicted octanol–water partition coefficient (Wildman–Crippen LogP) is 5.59. The number of fused-ring (bicyclic) bond motifs is 2. The molecule has 2 aliphatic rings. The molecule has 0 spiro atoms. The maximum absolute atomic E-state index is 14.4. The van der Waals surface area contributed by atoms with E-state index < -0.39 is 12.1 Å². The van der Waals surface area contributed by atoms with E-state index >= 15 is 0 Å². The van der Waals surface area contributed by atoms with Crippen LogP contribution in [0.4, 0.5) is 16.2 Å². The average molecular weight is 680 g/mol. The maximum Gasteiger partial charge on any atom is 0.323 e. The molecule has 3 aromatic rings. The van der Waals surface area contributed by atoms with E-state index in [0.29, 0.717) is 60.4 Å². The Labute approximate surface area is 287 Å². The maximum atomic E-state index is 14.4. The number of nitrogens with one attached hydrogen (secondary N) is 2. The summed E-state index contributed by atoms with van der Waals surface area (Å²) in [6, 6.07) is 10.0. The fraction of sp³-hybridized carbons (Fsp3) is 0.528. The van der Waals surface area contributed by atoms with Crippen molar-refractivity contribution in [2.45, 2.75) is 78.7 Å². The number of ether oxygens (including phenoxy) is 4. The van der Waals surface area contributed by atoms with Crippen molar-refractivity contribution < 1.29 is 38.2 Å². The third-order valence-electron chi connectivity index (χ3n) is 8.96. The number of aliphatic hydroxyl groups is 1. The van der Waals surface area contributed by atoms with Crippen molar-refractivity contribution in [3.63, 3.8) is 0 Å². The Morgan fingerprint density at radius 2 is 1.86 bits per heavy atom. The van der Waals surface area contributed by atoms with Gasteiger partial charge < -0.3 is 44.1 Å². The normalized spacial score (nSPS) is 20.7. The first-order valence-electron chi connectivity index (χ1n) is 16.9. The van der Waals surface area contributed by atoms with E-state index in [1.807, 2.05) is 32.0 Å². The second kappa shape index (κ2) is 16.4. The zero-order valence-electron chi connectivity index (χ0n) is 29.3. The first kappa shape index (κ1) is 36.0. The number of urea groups is 1. The number of rotatable bonds is 8. The average Bonchev–Trinajstić information content (AvgIpc) is 3.67. The van der Waals surface area contributed by atoms with Gasteiger partial charge in [0.15, 0.2) is 17.3 Å². The van der Waals surface area contributed by atoms with Crippen molar-refractivity contribution in [3.8, 4) is 17.2 Å². The third kappa shape index (κ3) is 9.22. The number of amides is 3. The minimum atomic E-state index is -0.504.